The molecule has 0 spiro atoms. The summed E-state index contributed by atoms with van der Waals surface area (Å²) in [5.74, 6) is 0.844. The third-order valence-corrected chi connectivity index (χ3v) is 3.22. The molecule has 0 aromatic heterocycles. The van der Waals surface area contributed by atoms with E-state index in [1.807, 2.05) is 60.7 Å². The molecular formula is C18H14O3. The van der Waals surface area contributed by atoms with E-state index in [2.05, 4.69) is 0 Å². The van der Waals surface area contributed by atoms with Crippen molar-refractivity contribution in [2.75, 3.05) is 7.11 Å². The number of hydrogen-bond donors (Lipinski definition) is 0. The predicted octanol–water partition coefficient (Wildman–Crippen LogP) is 3.68. The van der Waals surface area contributed by atoms with Crippen molar-refractivity contribution in [3.8, 4) is 5.75 Å². The molecule has 1 aliphatic heterocycles. The lowest BCUT2D eigenvalue weighted by molar-refractivity contribution is -0.130. The van der Waals surface area contributed by atoms with Crippen molar-refractivity contribution < 1.29 is 14.3 Å². The normalized spacial score (nSPS) is 15.8. The Hall–Kier alpha value is -2.81. The zero-order valence-corrected chi connectivity index (χ0v) is 11.6. The fraction of sp³-hybridized carbons (Fsp3) is 0.0556. The number of ether oxygens (including phenoxy) is 2. The van der Waals surface area contributed by atoms with Crippen LogP contribution < -0.4 is 4.74 Å². The van der Waals surface area contributed by atoms with E-state index in [9.17, 15) is 4.79 Å². The Bertz CT molecular complexity index is 727. The first-order chi connectivity index (χ1) is 10.3. The van der Waals surface area contributed by atoms with Crippen LogP contribution in [0, 0.1) is 0 Å². The van der Waals surface area contributed by atoms with E-state index in [0.717, 1.165) is 11.1 Å². The average molecular weight is 278 g/mol. The highest BCUT2D eigenvalue weighted by Gasteiger charge is 2.23. The molecule has 0 saturated carbocycles. The Labute approximate surface area is 123 Å². The molecular weight excluding hydrogens is 264 g/mol. The second-order valence-electron chi connectivity index (χ2n) is 4.61. The van der Waals surface area contributed by atoms with Gasteiger partial charge in [0.15, 0.2) is 0 Å². The quantitative estimate of drug-likeness (QED) is 0.634. The second-order valence-corrected chi connectivity index (χ2v) is 4.61. The van der Waals surface area contributed by atoms with Gasteiger partial charge in [-0.1, -0.05) is 42.5 Å². The molecule has 3 nitrogen and oxygen atoms in total. The molecule has 3 rings (SSSR count). The molecule has 0 bridgehead atoms. The Morgan fingerprint density at radius 2 is 1.71 bits per heavy atom. The van der Waals surface area contributed by atoms with Crippen molar-refractivity contribution in [3.05, 3.63) is 77.4 Å². The zero-order valence-electron chi connectivity index (χ0n) is 11.6. The lowest BCUT2D eigenvalue weighted by atomic mass is 10.1. The monoisotopic (exact) mass is 278 g/mol. The summed E-state index contributed by atoms with van der Waals surface area (Å²) in [7, 11) is 1.59. The van der Waals surface area contributed by atoms with Gasteiger partial charge in [-0.3, -0.25) is 0 Å². The molecule has 0 N–H and O–H groups in total. The topological polar surface area (TPSA) is 35.5 Å². The van der Waals surface area contributed by atoms with Crippen molar-refractivity contribution in [2.45, 2.75) is 0 Å². The molecule has 0 unspecified atom stereocenters. The maximum Gasteiger partial charge on any atom is 0.343 e. The first-order valence-electron chi connectivity index (χ1n) is 6.62. The summed E-state index contributed by atoms with van der Waals surface area (Å²) < 4.78 is 10.6. The number of carbonyl (C=O) groups excluding carboxylic acids is 1. The molecule has 1 aliphatic rings. The summed E-state index contributed by atoms with van der Waals surface area (Å²) in [5.41, 5.74) is 2.26. The van der Waals surface area contributed by atoms with E-state index in [0.29, 0.717) is 17.1 Å². The van der Waals surface area contributed by atoms with Crippen molar-refractivity contribution in [3.63, 3.8) is 0 Å². The SMILES string of the molecule is COc1ccccc1C1=C/C(=C/c2ccccc2)C(=O)O1. The van der Waals surface area contributed by atoms with Crippen LogP contribution in [-0.2, 0) is 9.53 Å². The predicted molar refractivity (Wildman–Crippen MR) is 81.5 cm³/mol. The van der Waals surface area contributed by atoms with Gasteiger partial charge in [-0.15, -0.1) is 0 Å². The van der Waals surface area contributed by atoms with Crippen molar-refractivity contribution in [2.24, 2.45) is 0 Å². The molecule has 0 radical (unpaired) electrons. The first-order valence-corrected chi connectivity index (χ1v) is 6.62. The fourth-order valence-corrected chi connectivity index (χ4v) is 2.20. The summed E-state index contributed by atoms with van der Waals surface area (Å²) in [6, 6.07) is 17.1. The van der Waals surface area contributed by atoms with Gasteiger partial charge in [0.05, 0.1) is 18.2 Å². The minimum Gasteiger partial charge on any atom is -0.496 e. The van der Waals surface area contributed by atoms with Crippen LogP contribution in [0.15, 0.2) is 66.2 Å². The van der Waals surface area contributed by atoms with Crippen LogP contribution >= 0.6 is 0 Å². The van der Waals surface area contributed by atoms with E-state index in [1.54, 1.807) is 13.2 Å². The summed E-state index contributed by atoms with van der Waals surface area (Å²) >= 11 is 0. The van der Waals surface area contributed by atoms with Gasteiger partial charge >= 0.3 is 5.97 Å². The van der Waals surface area contributed by atoms with Crippen LogP contribution in [0.25, 0.3) is 11.8 Å². The van der Waals surface area contributed by atoms with Crippen LogP contribution in [0.1, 0.15) is 11.1 Å². The maximum absolute atomic E-state index is 12.0. The van der Waals surface area contributed by atoms with Crippen LogP contribution in [0.4, 0.5) is 0 Å². The molecule has 0 fully saturated rings. The van der Waals surface area contributed by atoms with E-state index in [4.69, 9.17) is 9.47 Å². The molecule has 0 saturated heterocycles. The Morgan fingerprint density at radius 1 is 1.00 bits per heavy atom. The highest BCUT2D eigenvalue weighted by Crippen LogP contribution is 2.32. The van der Waals surface area contributed by atoms with Crippen LogP contribution in [0.5, 0.6) is 5.75 Å². The van der Waals surface area contributed by atoms with Crippen LogP contribution in [0.2, 0.25) is 0 Å². The minimum atomic E-state index is -0.347. The zero-order chi connectivity index (χ0) is 14.7. The summed E-state index contributed by atoms with van der Waals surface area (Å²) in [6.07, 6.45) is 3.55. The van der Waals surface area contributed by atoms with Crippen molar-refractivity contribution >= 4 is 17.8 Å². The number of hydrogen-bond acceptors (Lipinski definition) is 3. The molecule has 2 aromatic rings. The van der Waals surface area contributed by atoms with E-state index < -0.39 is 0 Å². The standard InChI is InChI=1S/C18H14O3/c1-20-16-10-6-5-9-15(16)17-12-14(18(19)21-17)11-13-7-3-2-4-8-13/h2-12H,1H3/b14-11-. The van der Waals surface area contributed by atoms with Gasteiger partial charge in [0.25, 0.3) is 0 Å². The van der Waals surface area contributed by atoms with Gasteiger partial charge in [-0.2, -0.15) is 0 Å². The number of para-hydroxylation sites is 1. The molecule has 0 aliphatic carbocycles. The summed E-state index contributed by atoms with van der Waals surface area (Å²) in [5, 5.41) is 0. The highest BCUT2D eigenvalue weighted by atomic mass is 16.5. The number of carbonyl (C=O) groups is 1. The second kappa shape index (κ2) is 5.67. The van der Waals surface area contributed by atoms with Gasteiger partial charge in [0.2, 0.25) is 0 Å². The van der Waals surface area contributed by atoms with Gasteiger partial charge < -0.3 is 9.47 Å². The molecule has 1 heterocycles. The lowest BCUT2D eigenvalue weighted by Gasteiger charge is -2.07. The Kier molecular flexibility index (Phi) is 3.56. The van der Waals surface area contributed by atoms with Gasteiger partial charge in [-0.25, -0.2) is 4.79 Å². The number of methoxy groups -OCH3 is 1. The van der Waals surface area contributed by atoms with Gasteiger partial charge in [0, 0.05) is 0 Å². The largest absolute Gasteiger partial charge is 0.496 e. The number of rotatable bonds is 3. The van der Waals surface area contributed by atoms with E-state index in [1.165, 1.54) is 0 Å². The maximum atomic E-state index is 12.0. The third-order valence-electron chi connectivity index (χ3n) is 3.22. The van der Waals surface area contributed by atoms with Gasteiger partial charge in [-0.05, 0) is 29.8 Å². The number of benzene rings is 2. The van der Waals surface area contributed by atoms with Crippen LogP contribution in [0.3, 0.4) is 0 Å². The lowest BCUT2D eigenvalue weighted by Crippen LogP contribution is -1.98. The third kappa shape index (κ3) is 2.72. The molecule has 21 heavy (non-hydrogen) atoms. The fourth-order valence-electron chi connectivity index (χ4n) is 2.20. The van der Waals surface area contributed by atoms with Crippen molar-refractivity contribution in [1.29, 1.82) is 0 Å². The van der Waals surface area contributed by atoms with Crippen LogP contribution in [-0.4, -0.2) is 13.1 Å². The molecule has 2 aromatic carbocycles. The first kappa shape index (κ1) is 13.2. The average Bonchev–Trinajstić information content (AvgIpc) is 2.89. The smallest absolute Gasteiger partial charge is 0.343 e. The van der Waals surface area contributed by atoms with E-state index in [-0.39, 0.29) is 5.97 Å². The Morgan fingerprint density at radius 3 is 2.48 bits per heavy atom. The molecule has 0 atom stereocenters. The Balaban J connectivity index is 1.98. The minimum absolute atomic E-state index is 0.347. The highest BCUT2D eigenvalue weighted by molar-refractivity contribution is 6.05. The number of esters is 1. The molecule has 0 amide bonds. The molecule has 3 heteroatoms. The number of cyclic esters (lactones) is 1. The van der Waals surface area contributed by atoms with E-state index >= 15 is 0 Å². The summed E-state index contributed by atoms with van der Waals surface area (Å²) in [4.78, 5) is 12.0. The van der Waals surface area contributed by atoms with Crippen molar-refractivity contribution in [1.82, 2.24) is 0 Å². The van der Waals surface area contributed by atoms with Gasteiger partial charge in [0.1, 0.15) is 11.5 Å². The summed E-state index contributed by atoms with van der Waals surface area (Å²) in [6.45, 7) is 0. The molecule has 104 valence electrons.